The van der Waals surface area contributed by atoms with Crippen molar-refractivity contribution < 1.29 is 22.5 Å². The van der Waals surface area contributed by atoms with Crippen LogP contribution in [0, 0.1) is 5.82 Å². The summed E-state index contributed by atoms with van der Waals surface area (Å²) in [5.41, 5.74) is 0.870. The van der Waals surface area contributed by atoms with E-state index in [-0.39, 0.29) is 22.4 Å². The molecule has 0 aliphatic carbocycles. The highest BCUT2D eigenvalue weighted by atomic mass is 32.2. The van der Waals surface area contributed by atoms with Crippen LogP contribution in [0.1, 0.15) is 36.3 Å². The van der Waals surface area contributed by atoms with E-state index in [9.17, 15) is 17.7 Å². The van der Waals surface area contributed by atoms with E-state index in [2.05, 4.69) is 5.32 Å². The van der Waals surface area contributed by atoms with Gasteiger partial charge in [-0.15, -0.1) is 0 Å². The van der Waals surface area contributed by atoms with Crippen molar-refractivity contribution >= 4 is 22.3 Å². The molecule has 0 radical (unpaired) electrons. The topological polar surface area (TPSA) is 49.2 Å². The normalized spacial score (nSPS) is 16.5. The number of hydrogen-bond donors (Lipinski definition) is 1. The third-order valence-electron chi connectivity index (χ3n) is 5.36. The maximum absolute atomic E-state index is 13.8. The summed E-state index contributed by atoms with van der Waals surface area (Å²) in [6.45, 7) is 1.78. The quantitative estimate of drug-likeness (QED) is 0.603. The monoisotopic (exact) mass is 422 g/mol. The van der Waals surface area contributed by atoms with Crippen LogP contribution >= 0.6 is 0 Å². The first kappa shape index (κ1) is 20.1. The second-order valence-electron chi connectivity index (χ2n) is 7.05. The summed E-state index contributed by atoms with van der Waals surface area (Å²) in [6, 6.07) is 8.80. The van der Waals surface area contributed by atoms with Crippen LogP contribution < -0.4 is 10.1 Å². The van der Waals surface area contributed by atoms with Gasteiger partial charge in [-0.25, -0.2) is 13.2 Å². The molecule has 154 valence electrons. The number of alkyl halides is 2. The van der Waals surface area contributed by atoms with E-state index in [0.29, 0.717) is 10.6 Å². The molecule has 29 heavy (non-hydrogen) atoms. The maximum atomic E-state index is 13.8. The fourth-order valence-electron chi connectivity index (χ4n) is 3.89. The molecule has 2 aromatic carbocycles. The smallest absolute Gasteiger partial charge is 0.266 e. The second kappa shape index (κ2) is 8.30. The van der Waals surface area contributed by atoms with Crippen molar-refractivity contribution in [2.75, 3.05) is 20.2 Å². The Morgan fingerprint density at radius 3 is 2.62 bits per heavy atom. The Hall–Kier alpha value is -2.16. The average Bonchev–Trinajstić information content (AvgIpc) is 3.12. The zero-order valence-corrected chi connectivity index (χ0v) is 16.6. The minimum Gasteiger partial charge on any atom is -0.587 e. The van der Waals surface area contributed by atoms with Gasteiger partial charge >= 0.3 is 0 Å². The third kappa shape index (κ3) is 3.84. The van der Waals surface area contributed by atoms with Gasteiger partial charge in [0, 0.05) is 28.6 Å². The lowest BCUT2D eigenvalue weighted by Gasteiger charge is -2.25. The molecule has 1 fully saturated rings. The SMILES string of the molecule is COc1ccc([S+]([O-])n2cc(C(F)F)c3ccc(F)cc32)cc1C1CCNCC1. The van der Waals surface area contributed by atoms with E-state index in [1.165, 1.54) is 10.0 Å². The number of piperidine rings is 1. The number of benzene rings is 2. The Morgan fingerprint density at radius 1 is 1.17 bits per heavy atom. The standard InChI is InChI=1S/C21H21F3N2O2S/c1-28-20-5-3-15(11-17(20)13-6-8-25-9-7-13)29(27)26-12-18(21(23)24)16-4-2-14(22)10-19(16)26/h2-5,10-13,21,25H,6-9H2,1H3. The summed E-state index contributed by atoms with van der Waals surface area (Å²) in [5, 5.41) is 3.51. The Labute approximate surface area is 170 Å². The lowest BCUT2D eigenvalue weighted by atomic mass is 9.89. The van der Waals surface area contributed by atoms with Crippen molar-refractivity contribution in [3.8, 4) is 5.75 Å². The van der Waals surface area contributed by atoms with Gasteiger partial charge in [0.2, 0.25) is 0 Å². The Kier molecular flexibility index (Phi) is 5.76. The van der Waals surface area contributed by atoms with Crippen LogP contribution in [0.4, 0.5) is 13.2 Å². The second-order valence-corrected chi connectivity index (χ2v) is 8.41. The van der Waals surface area contributed by atoms with Gasteiger partial charge in [-0.1, -0.05) is 0 Å². The van der Waals surface area contributed by atoms with Crippen LogP contribution in [0.5, 0.6) is 5.75 Å². The Balaban J connectivity index is 1.78. The highest BCUT2D eigenvalue weighted by molar-refractivity contribution is 7.90. The van der Waals surface area contributed by atoms with Crippen molar-refractivity contribution in [2.45, 2.75) is 30.1 Å². The summed E-state index contributed by atoms with van der Waals surface area (Å²) in [7, 11) is 1.59. The van der Waals surface area contributed by atoms with E-state index in [0.717, 1.165) is 49.8 Å². The number of methoxy groups -OCH3 is 1. The highest BCUT2D eigenvalue weighted by Crippen LogP contribution is 2.36. The molecule has 4 nitrogen and oxygen atoms in total. The van der Waals surface area contributed by atoms with Crippen molar-refractivity contribution in [1.29, 1.82) is 0 Å². The number of rotatable bonds is 5. The molecule has 1 aliphatic rings. The molecule has 1 N–H and O–H groups in total. The van der Waals surface area contributed by atoms with Gasteiger partial charge in [0.05, 0.1) is 13.3 Å². The van der Waals surface area contributed by atoms with E-state index in [1.807, 2.05) is 6.07 Å². The van der Waals surface area contributed by atoms with Gasteiger partial charge in [-0.2, -0.15) is 3.97 Å². The largest absolute Gasteiger partial charge is 0.587 e. The zero-order valence-electron chi connectivity index (χ0n) is 15.8. The number of nitrogens with one attached hydrogen (secondary N) is 1. The molecular formula is C21H21F3N2O2S. The molecule has 8 heteroatoms. The number of fused-ring (bicyclic) bond motifs is 1. The summed E-state index contributed by atoms with van der Waals surface area (Å²) < 4.78 is 60.7. The van der Waals surface area contributed by atoms with E-state index in [1.54, 1.807) is 19.2 Å². The van der Waals surface area contributed by atoms with Crippen LogP contribution in [0.25, 0.3) is 10.9 Å². The summed E-state index contributed by atoms with van der Waals surface area (Å²) in [4.78, 5) is 0.460. The summed E-state index contributed by atoms with van der Waals surface area (Å²) in [5.74, 6) is 0.410. The number of hydrogen-bond acceptors (Lipinski definition) is 3. The fraction of sp³-hybridized carbons (Fsp3) is 0.333. The molecule has 3 aromatic rings. The van der Waals surface area contributed by atoms with Crippen molar-refractivity contribution in [2.24, 2.45) is 0 Å². The molecule has 1 unspecified atom stereocenters. The molecule has 1 aliphatic heterocycles. The number of ether oxygens (including phenoxy) is 1. The predicted molar refractivity (Wildman–Crippen MR) is 106 cm³/mol. The molecule has 2 heterocycles. The fourth-order valence-corrected chi connectivity index (χ4v) is 5.07. The molecule has 1 atom stereocenters. The first-order valence-corrected chi connectivity index (χ1v) is 10.5. The zero-order chi connectivity index (χ0) is 20.5. The van der Waals surface area contributed by atoms with Crippen molar-refractivity contribution in [3.63, 3.8) is 0 Å². The van der Waals surface area contributed by atoms with Crippen LogP contribution in [0.3, 0.4) is 0 Å². The minimum atomic E-state index is -2.75. The van der Waals surface area contributed by atoms with Crippen molar-refractivity contribution in [3.05, 3.63) is 59.5 Å². The first-order chi connectivity index (χ1) is 14.0. The third-order valence-corrected chi connectivity index (χ3v) is 6.68. The van der Waals surface area contributed by atoms with E-state index >= 15 is 0 Å². The molecule has 0 saturated carbocycles. The van der Waals surface area contributed by atoms with Crippen LogP contribution in [0.15, 0.2) is 47.5 Å². The number of halogens is 3. The molecule has 1 aromatic heterocycles. The van der Waals surface area contributed by atoms with Gasteiger partial charge in [-0.05, 0) is 56.1 Å². The highest BCUT2D eigenvalue weighted by Gasteiger charge is 2.26. The van der Waals surface area contributed by atoms with Gasteiger partial charge in [0.25, 0.3) is 6.43 Å². The number of aromatic nitrogens is 1. The van der Waals surface area contributed by atoms with Gasteiger partial charge in [0.15, 0.2) is 4.90 Å². The van der Waals surface area contributed by atoms with Gasteiger partial charge in [-0.3, -0.25) is 0 Å². The molecule has 1 saturated heterocycles. The van der Waals surface area contributed by atoms with Crippen LogP contribution in [-0.2, 0) is 11.4 Å². The van der Waals surface area contributed by atoms with Crippen LogP contribution in [0.2, 0.25) is 0 Å². The Bertz CT molecular complexity index is 1020. The van der Waals surface area contributed by atoms with E-state index < -0.39 is 23.6 Å². The van der Waals surface area contributed by atoms with Gasteiger partial charge < -0.3 is 14.6 Å². The molecule has 0 amide bonds. The first-order valence-electron chi connectivity index (χ1n) is 9.39. The Morgan fingerprint density at radius 2 is 1.93 bits per heavy atom. The van der Waals surface area contributed by atoms with Crippen LogP contribution in [-0.4, -0.2) is 28.7 Å². The van der Waals surface area contributed by atoms with Crippen molar-refractivity contribution in [1.82, 2.24) is 9.29 Å². The minimum absolute atomic E-state index is 0.179. The molecule has 0 bridgehead atoms. The molecular weight excluding hydrogens is 401 g/mol. The maximum Gasteiger partial charge on any atom is 0.266 e. The lowest BCUT2D eigenvalue weighted by Crippen LogP contribution is -2.27. The van der Waals surface area contributed by atoms with Gasteiger partial charge in [0.1, 0.15) is 28.4 Å². The number of nitrogens with zero attached hydrogens (tertiary/aromatic N) is 1. The average molecular weight is 422 g/mol. The molecule has 4 rings (SSSR count). The lowest BCUT2D eigenvalue weighted by molar-refractivity contribution is 0.153. The summed E-state index contributed by atoms with van der Waals surface area (Å²) >= 11 is -1.80. The summed E-state index contributed by atoms with van der Waals surface area (Å²) in [6.07, 6.45) is 0.265. The predicted octanol–water partition coefficient (Wildman–Crippen LogP) is 4.76. The van der Waals surface area contributed by atoms with E-state index in [4.69, 9.17) is 4.74 Å². The molecule has 0 spiro atoms.